The average Bonchev–Trinajstić information content (AvgIpc) is 2.89. The topological polar surface area (TPSA) is 62.3 Å². The number of nitrogens with one attached hydrogen (secondary N) is 1. The highest BCUT2D eigenvalue weighted by Gasteiger charge is 2.23. The lowest BCUT2D eigenvalue weighted by molar-refractivity contribution is -0.120. The van der Waals surface area contributed by atoms with Crippen LogP contribution in [-0.2, 0) is 9.59 Å². The van der Waals surface area contributed by atoms with Crippen molar-refractivity contribution in [2.45, 2.75) is 25.3 Å². The van der Waals surface area contributed by atoms with Gasteiger partial charge in [-0.05, 0) is 31.5 Å². The smallest absolute Gasteiger partial charge is 0.240 e. The number of piperidine rings is 1. The van der Waals surface area contributed by atoms with E-state index in [9.17, 15) is 9.59 Å². The van der Waals surface area contributed by atoms with E-state index < -0.39 is 0 Å². The van der Waals surface area contributed by atoms with Gasteiger partial charge in [-0.1, -0.05) is 29.9 Å². The van der Waals surface area contributed by atoms with Crippen LogP contribution < -0.4 is 5.32 Å². The monoisotopic (exact) mass is 303 g/mol. The molecule has 0 aliphatic carbocycles. The highest BCUT2D eigenvalue weighted by atomic mass is 32.1. The summed E-state index contributed by atoms with van der Waals surface area (Å²) in [5.74, 6) is -0.109. The minimum Gasteiger partial charge on any atom is -0.302 e. The molecule has 6 heteroatoms. The number of fused-ring (bicyclic) bond motifs is 1. The first-order chi connectivity index (χ1) is 10.3. The minimum atomic E-state index is -0.125. The number of hydrogen-bond acceptors (Lipinski definition) is 5. The number of nitrogens with zero attached hydrogens (tertiary/aromatic N) is 2. The predicted molar refractivity (Wildman–Crippen MR) is 83.5 cm³/mol. The third kappa shape index (κ3) is 3.28. The van der Waals surface area contributed by atoms with Crippen LogP contribution in [0, 0.1) is 0 Å². The Kier molecular flexibility index (Phi) is 4.26. The first-order valence-electron chi connectivity index (χ1n) is 7.11. The van der Waals surface area contributed by atoms with E-state index in [0.29, 0.717) is 5.13 Å². The summed E-state index contributed by atoms with van der Waals surface area (Å²) in [6.45, 7) is 1.05. The molecular weight excluding hydrogens is 286 g/mol. The Balaban J connectivity index is 1.64. The molecule has 0 saturated carbocycles. The van der Waals surface area contributed by atoms with Crippen molar-refractivity contribution in [1.29, 1.82) is 0 Å². The maximum Gasteiger partial charge on any atom is 0.240 e. The van der Waals surface area contributed by atoms with E-state index in [2.05, 4.69) is 10.3 Å². The van der Waals surface area contributed by atoms with Gasteiger partial charge >= 0.3 is 0 Å². The van der Waals surface area contributed by atoms with Crippen LogP contribution in [0.25, 0.3) is 10.2 Å². The summed E-state index contributed by atoms with van der Waals surface area (Å²) in [5, 5.41) is 3.45. The molecule has 1 aromatic carbocycles. The molecule has 1 saturated heterocycles. The molecule has 1 aliphatic heterocycles. The van der Waals surface area contributed by atoms with Crippen molar-refractivity contribution in [3.05, 3.63) is 24.3 Å². The average molecular weight is 303 g/mol. The number of hydrogen-bond donors (Lipinski definition) is 1. The fraction of sp³-hybridized carbons (Fsp3) is 0.400. The van der Waals surface area contributed by atoms with Crippen molar-refractivity contribution < 1.29 is 9.59 Å². The number of aldehydes is 1. The van der Waals surface area contributed by atoms with Crippen molar-refractivity contribution in [3.8, 4) is 0 Å². The second kappa shape index (κ2) is 6.32. The van der Waals surface area contributed by atoms with Gasteiger partial charge in [0.1, 0.15) is 6.29 Å². The quantitative estimate of drug-likeness (QED) is 0.880. The van der Waals surface area contributed by atoms with E-state index >= 15 is 0 Å². The molecule has 110 valence electrons. The SMILES string of the molecule is O=CC1CCCCN1CC(=O)Nc1nc2ccccc2s1. The molecule has 1 N–H and O–H groups in total. The van der Waals surface area contributed by atoms with E-state index in [1.54, 1.807) is 0 Å². The lowest BCUT2D eigenvalue weighted by atomic mass is 10.0. The number of anilines is 1. The Labute approximate surface area is 127 Å². The first-order valence-corrected chi connectivity index (χ1v) is 7.92. The van der Waals surface area contributed by atoms with Crippen LogP contribution in [0.4, 0.5) is 5.13 Å². The number of aromatic nitrogens is 1. The second-order valence-electron chi connectivity index (χ2n) is 5.20. The third-order valence-electron chi connectivity index (χ3n) is 3.71. The van der Waals surface area contributed by atoms with Crippen LogP contribution in [0.15, 0.2) is 24.3 Å². The molecule has 1 unspecified atom stereocenters. The highest BCUT2D eigenvalue weighted by Crippen LogP contribution is 2.25. The first kappa shape index (κ1) is 14.2. The van der Waals surface area contributed by atoms with E-state index in [1.807, 2.05) is 29.2 Å². The number of thiazole rings is 1. The van der Waals surface area contributed by atoms with Crippen molar-refractivity contribution in [3.63, 3.8) is 0 Å². The van der Waals surface area contributed by atoms with Gasteiger partial charge in [0.25, 0.3) is 0 Å². The number of carbonyl (C=O) groups excluding carboxylic acids is 2. The summed E-state index contributed by atoms with van der Waals surface area (Å²) in [4.78, 5) is 29.5. The van der Waals surface area contributed by atoms with E-state index in [1.165, 1.54) is 11.3 Å². The lowest BCUT2D eigenvalue weighted by Gasteiger charge is -2.31. The second-order valence-corrected chi connectivity index (χ2v) is 6.24. The van der Waals surface area contributed by atoms with Crippen molar-refractivity contribution in [1.82, 2.24) is 9.88 Å². The molecule has 1 atom stereocenters. The van der Waals surface area contributed by atoms with E-state index in [0.717, 1.165) is 42.3 Å². The van der Waals surface area contributed by atoms with Gasteiger partial charge in [0.2, 0.25) is 5.91 Å². The standard InChI is InChI=1S/C15H17N3O2S/c19-10-11-5-3-4-8-18(11)9-14(20)17-15-16-12-6-1-2-7-13(12)21-15/h1-2,6-7,10-11H,3-5,8-9H2,(H,16,17,20). The van der Waals surface area contributed by atoms with Crippen LogP contribution in [-0.4, -0.2) is 41.2 Å². The molecule has 1 fully saturated rings. The van der Waals surface area contributed by atoms with E-state index in [-0.39, 0.29) is 18.5 Å². The number of benzene rings is 1. The van der Waals surface area contributed by atoms with Crippen LogP contribution >= 0.6 is 11.3 Å². The Morgan fingerprint density at radius 3 is 3.10 bits per heavy atom. The summed E-state index contributed by atoms with van der Waals surface area (Å²) in [5.41, 5.74) is 0.890. The predicted octanol–water partition coefficient (Wildman–Crippen LogP) is 2.29. The number of likely N-dealkylation sites (tertiary alicyclic amines) is 1. The highest BCUT2D eigenvalue weighted by molar-refractivity contribution is 7.22. The van der Waals surface area contributed by atoms with Crippen molar-refractivity contribution >= 4 is 38.9 Å². The molecule has 2 heterocycles. The molecule has 2 aromatic rings. The zero-order valence-corrected chi connectivity index (χ0v) is 12.4. The lowest BCUT2D eigenvalue weighted by Crippen LogP contribution is -2.44. The number of para-hydroxylation sites is 1. The molecule has 1 amide bonds. The zero-order chi connectivity index (χ0) is 14.7. The Hall–Kier alpha value is -1.79. The van der Waals surface area contributed by atoms with Gasteiger partial charge in [-0.2, -0.15) is 0 Å². The molecule has 21 heavy (non-hydrogen) atoms. The van der Waals surface area contributed by atoms with Crippen LogP contribution in [0.2, 0.25) is 0 Å². The molecule has 5 nitrogen and oxygen atoms in total. The number of carbonyl (C=O) groups is 2. The van der Waals surface area contributed by atoms with Gasteiger partial charge in [0.05, 0.1) is 22.8 Å². The molecule has 1 aromatic heterocycles. The normalized spacial score (nSPS) is 19.5. The molecule has 1 aliphatic rings. The molecular formula is C15H17N3O2S. The number of amides is 1. The third-order valence-corrected chi connectivity index (χ3v) is 4.66. The van der Waals surface area contributed by atoms with Crippen molar-refractivity contribution in [2.75, 3.05) is 18.4 Å². The summed E-state index contributed by atoms with van der Waals surface area (Å²) in [6, 6.07) is 7.66. The van der Waals surface area contributed by atoms with Crippen LogP contribution in [0.1, 0.15) is 19.3 Å². The van der Waals surface area contributed by atoms with Gasteiger partial charge in [0, 0.05) is 0 Å². The molecule has 0 spiro atoms. The fourth-order valence-corrected chi connectivity index (χ4v) is 3.52. The molecule has 0 bridgehead atoms. The summed E-state index contributed by atoms with van der Waals surface area (Å²) >= 11 is 1.46. The van der Waals surface area contributed by atoms with Gasteiger partial charge in [0.15, 0.2) is 5.13 Å². The van der Waals surface area contributed by atoms with Gasteiger partial charge < -0.3 is 10.1 Å². The summed E-state index contributed by atoms with van der Waals surface area (Å²) in [7, 11) is 0. The Morgan fingerprint density at radius 1 is 1.43 bits per heavy atom. The fourth-order valence-electron chi connectivity index (χ4n) is 2.64. The maximum absolute atomic E-state index is 12.1. The van der Waals surface area contributed by atoms with Gasteiger partial charge in [-0.25, -0.2) is 4.98 Å². The minimum absolute atomic E-state index is 0.109. The molecule has 0 radical (unpaired) electrons. The summed E-state index contributed by atoms with van der Waals surface area (Å²) in [6.07, 6.45) is 3.89. The van der Waals surface area contributed by atoms with E-state index in [4.69, 9.17) is 0 Å². The molecule has 3 rings (SSSR count). The Bertz CT molecular complexity index is 622. The largest absolute Gasteiger partial charge is 0.302 e. The van der Waals surface area contributed by atoms with Crippen molar-refractivity contribution in [2.24, 2.45) is 0 Å². The van der Waals surface area contributed by atoms with Gasteiger partial charge in [-0.15, -0.1) is 0 Å². The van der Waals surface area contributed by atoms with Gasteiger partial charge in [-0.3, -0.25) is 9.69 Å². The summed E-state index contributed by atoms with van der Waals surface area (Å²) < 4.78 is 1.05. The Morgan fingerprint density at radius 2 is 2.29 bits per heavy atom. The zero-order valence-electron chi connectivity index (χ0n) is 11.6. The van der Waals surface area contributed by atoms with Crippen LogP contribution in [0.3, 0.4) is 0 Å². The van der Waals surface area contributed by atoms with Crippen LogP contribution in [0.5, 0.6) is 0 Å². The maximum atomic E-state index is 12.1. The number of rotatable bonds is 4.